The molecule has 1 aromatic carbocycles. The summed E-state index contributed by atoms with van der Waals surface area (Å²) in [5, 5.41) is 3.30. The third-order valence-corrected chi connectivity index (χ3v) is 3.98. The summed E-state index contributed by atoms with van der Waals surface area (Å²) in [5.74, 6) is 0. The van der Waals surface area contributed by atoms with Crippen molar-refractivity contribution in [2.75, 3.05) is 39.1 Å². The number of nitrogens with zero attached hydrogens (tertiary/aromatic N) is 1. The molecule has 1 aliphatic heterocycles. The molecule has 1 aliphatic rings. The van der Waals surface area contributed by atoms with Gasteiger partial charge in [-0.1, -0.05) is 12.1 Å². The largest absolute Gasteiger partial charge is 0.314 e. The maximum absolute atomic E-state index is 13.2. The highest BCUT2D eigenvalue weighted by Crippen LogP contribution is 2.24. The second kappa shape index (κ2) is 9.83. The molecule has 0 unspecified atom stereocenters. The average molecular weight is 327 g/mol. The van der Waals surface area contributed by atoms with Crippen LogP contribution in [-0.2, 0) is 0 Å². The molecule has 0 aliphatic carbocycles. The van der Waals surface area contributed by atoms with Crippen molar-refractivity contribution in [3.63, 3.8) is 0 Å². The fourth-order valence-electron chi connectivity index (χ4n) is 2.22. The lowest BCUT2D eigenvalue weighted by atomic mass is 10.1. The lowest BCUT2D eigenvalue weighted by molar-refractivity contribution is 0.147. The van der Waals surface area contributed by atoms with Gasteiger partial charge in [0.15, 0.2) is 0 Å². The van der Waals surface area contributed by atoms with Gasteiger partial charge in [-0.2, -0.15) is 0 Å². The van der Waals surface area contributed by atoms with Gasteiger partial charge in [0.1, 0.15) is 6.67 Å². The smallest absolute Gasteiger partial charge is 0.109 e. The van der Waals surface area contributed by atoms with E-state index in [4.69, 9.17) is 0 Å². The Labute approximate surface area is 131 Å². The molecule has 0 spiro atoms. The molecular weight excluding hydrogens is 306 g/mol. The molecule has 1 fully saturated rings. The number of benzene rings is 1. The Morgan fingerprint density at radius 2 is 1.79 bits per heavy atom. The summed E-state index contributed by atoms with van der Waals surface area (Å²) >= 11 is 1.72. The minimum absolute atomic E-state index is 0. The van der Waals surface area contributed by atoms with Crippen LogP contribution in [0.3, 0.4) is 0 Å². The average Bonchev–Trinajstić information content (AvgIpc) is 2.42. The predicted octanol–water partition coefficient (Wildman–Crippen LogP) is 3.17. The molecule has 1 heterocycles. The first-order chi connectivity index (χ1) is 8.35. The van der Waals surface area contributed by atoms with Crippen molar-refractivity contribution in [1.29, 1.82) is 0 Å². The third kappa shape index (κ3) is 5.12. The topological polar surface area (TPSA) is 15.3 Å². The molecule has 2 rings (SSSR count). The van der Waals surface area contributed by atoms with Crippen molar-refractivity contribution in [1.82, 2.24) is 10.2 Å². The van der Waals surface area contributed by atoms with Gasteiger partial charge in [-0.15, -0.1) is 36.6 Å². The summed E-state index contributed by atoms with van der Waals surface area (Å²) in [4.78, 5) is 3.46. The highest BCUT2D eigenvalue weighted by Gasteiger charge is 2.21. The zero-order chi connectivity index (χ0) is 12.1. The van der Waals surface area contributed by atoms with Gasteiger partial charge in [0.25, 0.3) is 0 Å². The Kier molecular flexibility index (Phi) is 9.83. The molecule has 1 atom stereocenters. The standard InChI is InChI=1S/C13H19FN2S.2ClH/c1-17-12-4-2-11(3-5-12)13(10-14)16-8-6-15-7-9-16;;/h2-5,13,15H,6-10H2,1H3;2*1H/t13-;;/m0../s1. The van der Waals surface area contributed by atoms with E-state index in [1.165, 1.54) is 4.90 Å². The number of alkyl halides is 1. The first kappa shape index (κ1) is 19.0. The van der Waals surface area contributed by atoms with Crippen LogP contribution in [0, 0.1) is 0 Å². The third-order valence-electron chi connectivity index (χ3n) is 3.24. The molecule has 0 aromatic heterocycles. The van der Waals surface area contributed by atoms with Crippen LogP contribution >= 0.6 is 36.6 Å². The minimum atomic E-state index is -0.307. The van der Waals surface area contributed by atoms with Gasteiger partial charge in [0.05, 0.1) is 6.04 Å². The number of halogens is 3. The predicted molar refractivity (Wildman–Crippen MR) is 85.9 cm³/mol. The van der Waals surface area contributed by atoms with Gasteiger partial charge in [0.2, 0.25) is 0 Å². The first-order valence-electron chi connectivity index (χ1n) is 6.00. The second-order valence-corrected chi connectivity index (χ2v) is 5.11. The number of piperazine rings is 1. The highest BCUT2D eigenvalue weighted by molar-refractivity contribution is 7.98. The van der Waals surface area contributed by atoms with E-state index in [9.17, 15) is 4.39 Å². The van der Waals surface area contributed by atoms with Gasteiger partial charge in [-0.05, 0) is 24.0 Å². The first-order valence-corrected chi connectivity index (χ1v) is 7.22. The number of hydrogen-bond donors (Lipinski definition) is 1. The van der Waals surface area contributed by atoms with Gasteiger partial charge in [-0.3, -0.25) is 4.90 Å². The van der Waals surface area contributed by atoms with Gasteiger partial charge < -0.3 is 5.32 Å². The zero-order valence-electron chi connectivity index (χ0n) is 11.0. The van der Waals surface area contributed by atoms with Crippen molar-refractivity contribution >= 4 is 36.6 Å². The number of hydrogen-bond acceptors (Lipinski definition) is 3. The number of thioether (sulfide) groups is 1. The van der Waals surface area contributed by atoms with E-state index in [2.05, 4.69) is 40.7 Å². The van der Waals surface area contributed by atoms with Crippen LogP contribution in [0.15, 0.2) is 29.2 Å². The number of rotatable bonds is 4. The van der Waals surface area contributed by atoms with Crippen molar-refractivity contribution < 1.29 is 4.39 Å². The molecule has 110 valence electrons. The molecule has 0 bridgehead atoms. The van der Waals surface area contributed by atoms with Crippen LogP contribution in [0.2, 0.25) is 0 Å². The lowest BCUT2D eigenvalue weighted by Gasteiger charge is -2.33. The van der Waals surface area contributed by atoms with Crippen LogP contribution in [0.1, 0.15) is 11.6 Å². The van der Waals surface area contributed by atoms with Crippen molar-refractivity contribution in [2.45, 2.75) is 10.9 Å². The normalized spacial score (nSPS) is 17.2. The van der Waals surface area contributed by atoms with Crippen LogP contribution in [0.25, 0.3) is 0 Å². The Bertz CT molecular complexity index is 345. The maximum Gasteiger partial charge on any atom is 0.109 e. The molecule has 19 heavy (non-hydrogen) atoms. The van der Waals surface area contributed by atoms with E-state index in [1.807, 2.05) is 0 Å². The van der Waals surface area contributed by atoms with E-state index in [1.54, 1.807) is 11.8 Å². The summed E-state index contributed by atoms with van der Waals surface area (Å²) in [6, 6.07) is 8.18. The van der Waals surface area contributed by atoms with Crippen molar-refractivity contribution in [3.05, 3.63) is 29.8 Å². The van der Waals surface area contributed by atoms with E-state index in [-0.39, 0.29) is 37.5 Å². The summed E-state index contributed by atoms with van der Waals surface area (Å²) in [7, 11) is 0. The van der Waals surface area contributed by atoms with Gasteiger partial charge >= 0.3 is 0 Å². The fourth-order valence-corrected chi connectivity index (χ4v) is 2.63. The minimum Gasteiger partial charge on any atom is -0.314 e. The summed E-state index contributed by atoms with van der Waals surface area (Å²) in [5.41, 5.74) is 1.09. The van der Waals surface area contributed by atoms with Crippen molar-refractivity contribution in [3.8, 4) is 0 Å². The Morgan fingerprint density at radius 1 is 1.21 bits per heavy atom. The van der Waals surface area contributed by atoms with E-state index >= 15 is 0 Å². The quantitative estimate of drug-likeness (QED) is 0.855. The Morgan fingerprint density at radius 3 is 2.26 bits per heavy atom. The number of nitrogens with one attached hydrogen (secondary N) is 1. The second-order valence-electron chi connectivity index (χ2n) is 4.23. The summed E-state index contributed by atoms with van der Waals surface area (Å²) in [6.07, 6.45) is 2.05. The molecule has 1 aromatic rings. The molecule has 2 nitrogen and oxygen atoms in total. The molecule has 0 radical (unpaired) electrons. The molecule has 0 saturated carbocycles. The Hall–Kier alpha value is -0.000000000000000111. The van der Waals surface area contributed by atoms with Crippen molar-refractivity contribution in [2.24, 2.45) is 0 Å². The molecule has 0 amide bonds. The van der Waals surface area contributed by atoms with E-state index in [0.29, 0.717) is 0 Å². The zero-order valence-corrected chi connectivity index (χ0v) is 13.4. The maximum atomic E-state index is 13.2. The fraction of sp³-hybridized carbons (Fsp3) is 0.538. The van der Waals surface area contributed by atoms with Crippen LogP contribution in [0.4, 0.5) is 4.39 Å². The lowest BCUT2D eigenvalue weighted by Crippen LogP contribution is -2.45. The molecule has 1 saturated heterocycles. The van der Waals surface area contributed by atoms with Gasteiger partial charge in [-0.25, -0.2) is 4.39 Å². The van der Waals surface area contributed by atoms with E-state index < -0.39 is 0 Å². The van der Waals surface area contributed by atoms with Gasteiger partial charge in [0, 0.05) is 31.1 Å². The summed E-state index contributed by atoms with van der Waals surface area (Å²) < 4.78 is 13.2. The Balaban J connectivity index is 0.00000162. The van der Waals surface area contributed by atoms with E-state index in [0.717, 1.165) is 31.7 Å². The SMILES string of the molecule is CSc1ccc([C@H](CF)N2CCNCC2)cc1.Cl.Cl. The molecular formula is C13H21Cl2FN2S. The molecule has 1 N–H and O–H groups in total. The highest BCUT2D eigenvalue weighted by atomic mass is 35.5. The van der Waals surface area contributed by atoms with Crippen LogP contribution in [-0.4, -0.2) is 44.0 Å². The summed E-state index contributed by atoms with van der Waals surface area (Å²) in [6.45, 7) is 3.47. The molecule has 6 heteroatoms. The van der Waals surface area contributed by atoms with Crippen LogP contribution < -0.4 is 5.32 Å². The monoisotopic (exact) mass is 326 g/mol. The van der Waals surface area contributed by atoms with Crippen LogP contribution in [0.5, 0.6) is 0 Å².